The van der Waals surface area contributed by atoms with Crippen molar-refractivity contribution in [1.82, 2.24) is 20.1 Å². The second-order valence-corrected chi connectivity index (χ2v) is 5.50. The Balaban J connectivity index is 1.57. The molecule has 2 aromatic heterocycles. The number of rotatable bonds is 4. The second kappa shape index (κ2) is 7.15. The highest BCUT2D eigenvalue weighted by Crippen LogP contribution is 2.15. The quantitative estimate of drug-likeness (QED) is 0.902. The number of amides is 1. The molecule has 0 spiro atoms. The topological polar surface area (TPSA) is 94.2 Å². The molecule has 1 aliphatic heterocycles. The van der Waals surface area contributed by atoms with Gasteiger partial charge in [0.1, 0.15) is 5.82 Å². The van der Waals surface area contributed by atoms with Crippen LogP contribution in [0.4, 0.5) is 5.82 Å². The molecule has 120 valence electrons. The van der Waals surface area contributed by atoms with Crippen molar-refractivity contribution in [2.75, 3.05) is 25.4 Å². The molecule has 2 aromatic rings. The lowest BCUT2D eigenvalue weighted by molar-refractivity contribution is -0.0246. The normalized spacial score (nSPS) is 17.9. The lowest BCUT2D eigenvalue weighted by atomic mass is 10.1. The van der Waals surface area contributed by atoms with E-state index in [-0.39, 0.29) is 12.0 Å². The number of aromatic nitrogens is 3. The molecule has 3 heterocycles. The Morgan fingerprint density at radius 3 is 3.04 bits per heavy atom. The van der Waals surface area contributed by atoms with Gasteiger partial charge >= 0.3 is 0 Å². The van der Waals surface area contributed by atoms with Crippen molar-refractivity contribution in [3.8, 4) is 0 Å². The van der Waals surface area contributed by atoms with Crippen molar-refractivity contribution in [3.05, 3.63) is 47.9 Å². The molecule has 3 rings (SSSR count). The molecule has 1 amide bonds. The fourth-order valence-electron chi connectivity index (χ4n) is 2.66. The first-order chi connectivity index (χ1) is 11.2. The van der Waals surface area contributed by atoms with Crippen LogP contribution in [-0.2, 0) is 11.2 Å². The molecule has 0 aliphatic carbocycles. The van der Waals surface area contributed by atoms with Crippen LogP contribution >= 0.6 is 0 Å². The van der Waals surface area contributed by atoms with E-state index in [0.717, 1.165) is 18.4 Å². The summed E-state index contributed by atoms with van der Waals surface area (Å²) in [6.07, 6.45) is 6.43. The van der Waals surface area contributed by atoms with Gasteiger partial charge in [0.15, 0.2) is 0 Å². The molecular weight excluding hydrogens is 294 g/mol. The predicted molar refractivity (Wildman–Crippen MR) is 84.6 cm³/mol. The highest BCUT2D eigenvalue weighted by atomic mass is 16.5. The minimum absolute atomic E-state index is 0.0249. The molecular formula is C16H19N5O2. The lowest BCUT2D eigenvalue weighted by Gasteiger charge is -2.33. The first kappa shape index (κ1) is 15.4. The summed E-state index contributed by atoms with van der Waals surface area (Å²) in [7, 11) is 0. The number of anilines is 1. The number of aryl methyl sites for hydroxylation is 1. The highest BCUT2D eigenvalue weighted by molar-refractivity contribution is 5.93. The second-order valence-electron chi connectivity index (χ2n) is 5.50. The lowest BCUT2D eigenvalue weighted by Crippen LogP contribution is -2.45. The van der Waals surface area contributed by atoms with Gasteiger partial charge in [0.05, 0.1) is 30.7 Å². The fourth-order valence-corrected chi connectivity index (χ4v) is 2.66. The van der Waals surface area contributed by atoms with Crippen LogP contribution in [0.15, 0.2) is 36.8 Å². The third-order valence-electron chi connectivity index (χ3n) is 3.86. The van der Waals surface area contributed by atoms with Crippen molar-refractivity contribution in [2.45, 2.75) is 18.9 Å². The van der Waals surface area contributed by atoms with E-state index in [1.807, 2.05) is 17.0 Å². The fraction of sp³-hybridized carbons (Fsp3) is 0.375. The Kier molecular flexibility index (Phi) is 4.77. The molecule has 0 saturated carbocycles. The molecule has 0 radical (unpaired) electrons. The van der Waals surface area contributed by atoms with E-state index in [4.69, 9.17) is 10.5 Å². The van der Waals surface area contributed by atoms with Gasteiger partial charge in [-0.1, -0.05) is 0 Å². The van der Waals surface area contributed by atoms with E-state index in [0.29, 0.717) is 31.1 Å². The molecule has 1 saturated heterocycles. The van der Waals surface area contributed by atoms with E-state index in [2.05, 4.69) is 15.2 Å². The van der Waals surface area contributed by atoms with Crippen LogP contribution in [-0.4, -0.2) is 51.8 Å². The van der Waals surface area contributed by atoms with Gasteiger partial charge in [-0.15, -0.1) is 0 Å². The van der Waals surface area contributed by atoms with Crippen molar-refractivity contribution >= 4 is 11.7 Å². The molecule has 1 atom stereocenters. The monoisotopic (exact) mass is 313 g/mol. The summed E-state index contributed by atoms with van der Waals surface area (Å²) < 4.78 is 5.78. The first-order valence-electron chi connectivity index (χ1n) is 7.60. The van der Waals surface area contributed by atoms with Gasteiger partial charge in [0, 0.05) is 19.3 Å². The van der Waals surface area contributed by atoms with E-state index in [1.54, 1.807) is 12.3 Å². The number of hydrogen-bond acceptors (Lipinski definition) is 6. The predicted octanol–water partition coefficient (Wildman–Crippen LogP) is 0.928. The van der Waals surface area contributed by atoms with E-state index < -0.39 is 0 Å². The maximum absolute atomic E-state index is 12.4. The number of pyridine rings is 1. The van der Waals surface area contributed by atoms with Crippen LogP contribution in [0.5, 0.6) is 0 Å². The Morgan fingerprint density at radius 2 is 2.26 bits per heavy atom. The molecule has 7 nitrogen and oxygen atoms in total. The summed E-state index contributed by atoms with van der Waals surface area (Å²) in [5.41, 5.74) is 7.37. The van der Waals surface area contributed by atoms with E-state index in [1.165, 1.54) is 12.4 Å². The molecule has 23 heavy (non-hydrogen) atoms. The number of ether oxygens (including phenoxy) is 1. The summed E-state index contributed by atoms with van der Waals surface area (Å²) in [5, 5.41) is 7.45. The van der Waals surface area contributed by atoms with Gasteiger partial charge in [-0.2, -0.15) is 10.2 Å². The van der Waals surface area contributed by atoms with Gasteiger partial charge in [-0.3, -0.25) is 4.79 Å². The van der Waals surface area contributed by atoms with Crippen molar-refractivity contribution < 1.29 is 9.53 Å². The molecule has 2 N–H and O–H groups in total. The number of nitrogens with zero attached hydrogens (tertiary/aromatic N) is 4. The molecule has 0 aromatic carbocycles. The summed E-state index contributed by atoms with van der Waals surface area (Å²) in [5.74, 6) is 0.496. The van der Waals surface area contributed by atoms with Gasteiger partial charge < -0.3 is 15.4 Å². The smallest absolute Gasteiger partial charge is 0.255 e. The summed E-state index contributed by atoms with van der Waals surface area (Å²) in [6.45, 7) is 1.73. The Labute approximate surface area is 134 Å². The zero-order valence-electron chi connectivity index (χ0n) is 12.8. The average Bonchev–Trinajstić information content (AvgIpc) is 2.60. The molecule has 1 unspecified atom stereocenters. The zero-order chi connectivity index (χ0) is 16.1. The maximum Gasteiger partial charge on any atom is 0.255 e. The minimum Gasteiger partial charge on any atom is -0.384 e. The van der Waals surface area contributed by atoms with Crippen LogP contribution in [0.1, 0.15) is 22.3 Å². The summed E-state index contributed by atoms with van der Waals surface area (Å²) in [6, 6.07) is 5.50. The van der Waals surface area contributed by atoms with Gasteiger partial charge in [-0.05, 0) is 36.6 Å². The highest BCUT2D eigenvalue weighted by Gasteiger charge is 2.25. The number of morpholine rings is 1. The number of nitrogens with two attached hydrogens (primary N) is 1. The SMILES string of the molecule is Nc1cc(CCC2CN(C(=O)c3ccnnc3)CCO2)ccn1. The Morgan fingerprint density at radius 1 is 1.35 bits per heavy atom. The largest absolute Gasteiger partial charge is 0.384 e. The van der Waals surface area contributed by atoms with E-state index >= 15 is 0 Å². The third-order valence-corrected chi connectivity index (χ3v) is 3.86. The number of carbonyl (C=O) groups is 1. The number of hydrogen-bond donors (Lipinski definition) is 1. The van der Waals surface area contributed by atoms with Crippen LogP contribution in [0.2, 0.25) is 0 Å². The van der Waals surface area contributed by atoms with Gasteiger partial charge in [0.25, 0.3) is 5.91 Å². The number of carbonyl (C=O) groups excluding carboxylic acids is 1. The van der Waals surface area contributed by atoms with Crippen LogP contribution in [0, 0.1) is 0 Å². The van der Waals surface area contributed by atoms with E-state index in [9.17, 15) is 4.79 Å². The first-order valence-corrected chi connectivity index (χ1v) is 7.60. The summed E-state index contributed by atoms with van der Waals surface area (Å²) >= 11 is 0. The van der Waals surface area contributed by atoms with Crippen LogP contribution < -0.4 is 5.73 Å². The van der Waals surface area contributed by atoms with Gasteiger partial charge in [0.2, 0.25) is 0 Å². The van der Waals surface area contributed by atoms with Gasteiger partial charge in [-0.25, -0.2) is 4.98 Å². The maximum atomic E-state index is 12.4. The van der Waals surface area contributed by atoms with Crippen LogP contribution in [0.25, 0.3) is 0 Å². The van der Waals surface area contributed by atoms with Crippen LogP contribution in [0.3, 0.4) is 0 Å². The molecule has 0 bridgehead atoms. The minimum atomic E-state index is -0.0265. The molecule has 1 aliphatic rings. The molecule has 7 heteroatoms. The van der Waals surface area contributed by atoms with Crippen molar-refractivity contribution in [3.63, 3.8) is 0 Å². The van der Waals surface area contributed by atoms with Crippen molar-refractivity contribution in [1.29, 1.82) is 0 Å². The Bertz CT molecular complexity index is 665. The molecule has 1 fully saturated rings. The average molecular weight is 313 g/mol. The number of nitrogen functional groups attached to an aromatic ring is 1. The standard InChI is InChI=1S/C16H19N5O2/c17-15-9-12(3-5-18-15)1-2-14-11-21(7-8-23-14)16(22)13-4-6-19-20-10-13/h3-6,9-10,14H,1-2,7-8,11H2,(H2,17,18). The van der Waals surface area contributed by atoms with Crippen molar-refractivity contribution in [2.24, 2.45) is 0 Å². The summed E-state index contributed by atoms with van der Waals surface area (Å²) in [4.78, 5) is 18.2. The Hall–Kier alpha value is -2.54. The third kappa shape index (κ3) is 4.01. The zero-order valence-corrected chi connectivity index (χ0v) is 12.8.